The van der Waals surface area contributed by atoms with Gasteiger partial charge in [-0.25, -0.2) is 13.4 Å². The van der Waals surface area contributed by atoms with Gasteiger partial charge >= 0.3 is 0 Å². The van der Waals surface area contributed by atoms with Crippen LogP contribution in [0.2, 0.25) is 0 Å². The van der Waals surface area contributed by atoms with E-state index in [0.717, 1.165) is 11.1 Å². The molecule has 0 atom stereocenters. The standard InChI is InChI=1S/C15H15N3O2S/c1-11-3-5-12(6-4-11)17-21(19,20)13-7-8-15-14(9-13)16-10-18(15)2/h3-10,17H,1-2H3. The number of hydrogen-bond donors (Lipinski definition) is 1. The smallest absolute Gasteiger partial charge is 0.261 e. The Morgan fingerprint density at radius 3 is 2.52 bits per heavy atom. The summed E-state index contributed by atoms with van der Waals surface area (Å²) in [6.07, 6.45) is 1.66. The van der Waals surface area contributed by atoms with Gasteiger partial charge in [0.05, 0.1) is 22.3 Å². The highest BCUT2D eigenvalue weighted by Gasteiger charge is 2.15. The van der Waals surface area contributed by atoms with Crippen LogP contribution in [0, 0.1) is 6.92 Å². The largest absolute Gasteiger partial charge is 0.334 e. The number of fused-ring (bicyclic) bond motifs is 1. The van der Waals surface area contributed by atoms with Gasteiger partial charge in [0.2, 0.25) is 0 Å². The van der Waals surface area contributed by atoms with Gasteiger partial charge in [0.15, 0.2) is 0 Å². The van der Waals surface area contributed by atoms with E-state index < -0.39 is 10.0 Å². The number of sulfonamides is 1. The molecule has 2 aromatic carbocycles. The lowest BCUT2D eigenvalue weighted by atomic mass is 10.2. The second kappa shape index (κ2) is 4.89. The highest BCUT2D eigenvalue weighted by atomic mass is 32.2. The first-order chi connectivity index (χ1) is 9.95. The Morgan fingerprint density at radius 2 is 1.81 bits per heavy atom. The number of hydrogen-bond acceptors (Lipinski definition) is 3. The normalized spacial score (nSPS) is 11.7. The van der Waals surface area contributed by atoms with Crippen LogP contribution in [0.15, 0.2) is 53.7 Å². The maximum absolute atomic E-state index is 12.4. The van der Waals surface area contributed by atoms with Crippen LogP contribution < -0.4 is 4.72 Å². The van der Waals surface area contributed by atoms with Crippen LogP contribution >= 0.6 is 0 Å². The third kappa shape index (κ3) is 2.62. The summed E-state index contributed by atoms with van der Waals surface area (Å²) < 4.78 is 29.2. The molecule has 5 nitrogen and oxygen atoms in total. The van der Waals surface area contributed by atoms with Crippen molar-refractivity contribution in [2.24, 2.45) is 7.05 Å². The van der Waals surface area contributed by atoms with Crippen molar-refractivity contribution in [1.82, 2.24) is 9.55 Å². The van der Waals surface area contributed by atoms with Gasteiger partial charge in [0.25, 0.3) is 10.0 Å². The highest BCUT2D eigenvalue weighted by Crippen LogP contribution is 2.20. The second-order valence-corrected chi connectivity index (χ2v) is 6.66. The van der Waals surface area contributed by atoms with Crippen LogP contribution in [0.4, 0.5) is 5.69 Å². The van der Waals surface area contributed by atoms with Crippen LogP contribution in [0.3, 0.4) is 0 Å². The minimum absolute atomic E-state index is 0.203. The summed E-state index contributed by atoms with van der Waals surface area (Å²) in [5.41, 5.74) is 3.17. The monoisotopic (exact) mass is 301 g/mol. The second-order valence-electron chi connectivity index (χ2n) is 4.98. The van der Waals surface area contributed by atoms with Crippen molar-refractivity contribution in [2.75, 3.05) is 4.72 Å². The van der Waals surface area contributed by atoms with Gasteiger partial charge in [0, 0.05) is 12.7 Å². The first-order valence-electron chi connectivity index (χ1n) is 6.46. The number of nitrogens with one attached hydrogen (secondary N) is 1. The predicted octanol–water partition coefficient (Wildman–Crippen LogP) is 2.68. The van der Waals surface area contributed by atoms with E-state index in [1.54, 1.807) is 36.7 Å². The van der Waals surface area contributed by atoms with Crippen molar-refractivity contribution in [3.05, 3.63) is 54.4 Å². The van der Waals surface area contributed by atoms with Gasteiger partial charge in [0.1, 0.15) is 0 Å². The molecule has 3 rings (SSSR count). The average molecular weight is 301 g/mol. The van der Waals surface area contributed by atoms with Crippen LogP contribution in [0.5, 0.6) is 0 Å². The van der Waals surface area contributed by atoms with Crippen molar-refractivity contribution in [3.8, 4) is 0 Å². The van der Waals surface area contributed by atoms with E-state index in [2.05, 4.69) is 9.71 Å². The highest BCUT2D eigenvalue weighted by molar-refractivity contribution is 7.92. The van der Waals surface area contributed by atoms with Gasteiger partial charge in [-0.05, 0) is 37.3 Å². The quantitative estimate of drug-likeness (QED) is 0.809. The molecule has 3 aromatic rings. The van der Waals surface area contributed by atoms with E-state index >= 15 is 0 Å². The lowest BCUT2D eigenvalue weighted by molar-refractivity contribution is 0.601. The summed E-state index contributed by atoms with van der Waals surface area (Å²) in [4.78, 5) is 4.38. The molecule has 1 N–H and O–H groups in total. The van der Waals surface area contributed by atoms with E-state index in [4.69, 9.17) is 0 Å². The molecule has 0 aliphatic rings. The van der Waals surface area contributed by atoms with E-state index in [-0.39, 0.29) is 4.90 Å². The zero-order valence-corrected chi connectivity index (χ0v) is 12.6. The molecule has 0 unspecified atom stereocenters. The molecule has 6 heteroatoms. The Hall–Kier alpha value is -2.34. The molecule has 0 spiro atoms. The number of rotatable bonds is 3. The first-order valence-corrected chi connectivity index (χ1v) is 7.94. The van der Waals surface area contributed by atoms with Gasteiger partial charge in [-0.2, -0.15) is 0 Å². The van der Waals surface area contributed by atoms with Crippen molar-refractivity contribution in [2.45, 2.75) is 11.8 Å². The molecule has 0 bridgehead atoms. The minimum atomic E-state index is -3.61. The molecular weight excluding hydrogens is 286 g/mol. The molecule has 0 radical (unpaired) electrons. The molecule has 0 saturated heterocycles. The van der Waals surface area contributed by atoms with E-state index in [1.807, 2.05) is 30.7 Å². The van der Waals surface area contributed by atoms with Crippen LogP contribution in [-0.2, 0) is 17.1 Å². The van der Waals surface area contributed by atoms with Gasteiger partial charge in [-0.3, -0.25) is 4.72 Å². The summed E-state index contributed by atoms with van der Waals surface area (Å²) >= 11 is 0. The third-order valence-electron chi connectivity index (χ3n) is 3.31. The zero-order chi connectivity index (χ0) is 15.0. The summed E-state index contributed by atoms with van der Waals surface area (Å²) in [5, 5.41) is 0. The summed E-state index contributed by atoms with van der Waals surface area (Å²) in [7, 11) is -1.74. The summed E-state index contributed by atoms with van der Waals surface area (Å²) in [6, 6.07) is 12.1. The molecular formula is C15H15N3O2S. The Morgan fingerprint density at radius 1 is 1.10 bits per heavy atom. The molecule has 0 aliphatic carbocycles. The Labute approximate surface area is 123 Å². The maximum atomic E-state index is 12.4. The van der Waals surface area contributed by atoms with Gasteiger partial charge in [-0.15, -0.1) is 0 Å². The van der Waals surface area contributed by atoms with Crippen LogP contribution in [-0.4, -0.2) is 18.0 Å². The van der Waals surface area contributed by atoms with Crippen molar-refractivity contribution >= 4 is 26.7 Å². The molecule has 108 valence electrons. The van der Waals surface area contributed by atoms with E-state index in [1.165, 1.54) is 0 Å². The van der Waals surface area contributed by atoms with Crippen molar-refractivity contribution in [1.29, 1.82) is 0 Å². The predicted molar refractivity (Wildman–Crippen MR) is 82.7 cm³/mol. The van der Waals surface area contributed by atoms with Crippen LogP contribution in [0.25, 0.3) is 11.0 Å². The summed E-state index contributed by atoms with van der Waals surface area (Å²) in [6.45, 7) is 1.95. The number of benzene rings is 2. The first kappa shape index (κ1) is 13.6. The molecule has 0 fully saturated rings. The van der Waals surface area contributed by atoms with Gasteiger partial charge < -0.3 is 4.57 Å². The molecule has 0 saturated carbocycles. The number of aromatic nitrogens is 2. The topological polar surface area (TPSA) is 64.0 Å². The lowest BCUT2D eigenvalue weighted by Gasteiger charge is -2.08. The molecule has 0 amide bonds. The lowest BCUT2D eigenvalue weighted by Crippen LogP contribution is -2.12. The Balaban J connectivity index is 1.97. The van der Waals surface area contributed by atoms with E-state index in [9.17, 15) is 8.42 Å². The molecule has 1 aromatic heterocycles. The number of anilines is 1. The maximum Gasteiger partial charge on any atom is 0.261 e. The third-order valence-corrected chi connectivity index (χ3v) is 4.69. The SMILES string of the molecule is Cc1ccc(NS(=O)(=O)c2ccc3c(c2)ncn3C)cc1. The Bertz CT molecular complexity index is 896. The molecule has 0 aliphatic heterocycles. The number of aryl methyl sites for hydroxylation is 2. The Kier molecular flexibility index (Phi) is 3.17. The van der Waals surface area contributed by atoms with Crippen molar-refractivity contribution in [3.63, 3.8) is 0 Å². The van der Waals surface area contributed by atoms with Crippen LogP contribution in [0.1, 0.15) is 5.56 Å². The number of imidazole rings is 1. The van der Waals surface area contributed by atoms with E-state index in [0.29, 0.717) is 11.2 Å². The molecule has 1 heterocycles. The fourth-order valence-electron chi connectivity index (χ4n) is 2.12. The minimum Gasteiger partial charge on any atom is -0.334 e. The fourth-order valence-corrected chi connectivity index (χ4v) is 3.20. The number of nitrogens with zero attached hydrogens (tertiary/aromatic N) is 2. The van der Waals surface area contributed by atoms with Crippen molar-refractivity contribution < 1.29 is 8.42 Å². The zero-order valence-electron chi connectivity index (χ0n) is 11.7. The summed E-state index contributed by atoms with van der Waals surface area (Å²) in [5.74, 6) is 0. The molecule has 21 heavy (non-hydrogen) atoms. The van der Waals surface area contributed by atoms with Gasteiger partial charge in [-0.1, -0.05) is 17.7 Å². The average Bonchev–Trinajstić information content (AvgIpc) is 2.82. The fraction of sp³-hybridized carbons (Fsp3) is 0.133.